The van der Waals surface area contributed by atoms with Crippen molar-refractivity contribution in [2.75, 3.05) is 25.5 Å². The summed E-state index contributed by atoms with van der Waals surface area (Å²) in [6.45, 7) is 2.28. The van der Waals surface area contributed by atoms with Gasteiger partial charge in [0.25, 0.3) is 5.91 Å². The van der Waals surface area contributed by atoms with Gasteiger partial charge in [-0.3, -0.25) is 4.79 Å². The second kappa shape index (κ2) is 7.81. The van der Waals surface area contributed by atoms with Crippen LogP contribution in [0.4, 0.5) is 10.1 Å². The Morgan fingerprint density at radius 2 is 1.88 bits per heavy atom. The van der Waals surface area contributed by atoms with Crippen LogP contribution in [0.1, 0.15) is 23.2 Å². The predicted octanol–water partition coefficient (Wildman–Crippen LogP) is 4.26. The Morgan fingerprint density at radius 1 is 1.17 bits per heavy atom. The second-order valence-electron chi connectivity index (χ2n) is 6.11. The van der Waals surface area contributed by atoms with Crippen molar-refractivity contribution in [3.8, 4) is 0 Å². The van der Waals surface area contributed by atoms with Gasteiger partial charge in [0.15, 0.2) is 0 Å². The number of hydrogen-bond acceptors (Lipinski definition) is 3. The smallest absolute Gasteiger partial charge is 0.255 e. The largest absolute Gasteiger partial charge is 0.322 e. The number of likely N-dealkylation sites (tertiary alicyclic amines) is 1. The van der Waals surface area contributed by atoms with Crippen molar-refractivity contribution < 1.29 is 9.18 Å². The number of carbonyl (C=O) groups excluding carboxylic acids is 1. The number of carbonyl (C=O) groups is 1. The summed E-state index contributed by atoms with van der Waals surface area (Å²) >= 11 is 1.88. The Balaban J connectivity index is 1.62. The Labute approximate surface area is 146 Å². The Kier molecular flexibility index (Phi) is 5.53. The molecule has 0 unspecified atom stereocenters. The van der Waals surface area contributed by atoms with Crippen molar-refractivity contribution in [3.05, 3.63) is 59.9 Å². The van der Waals surface area contributed by atoms with Crippen LogP contribution in [0.15, 0.2) is 53.4 Å². The van der Waals surface area contributed by atoms with Crippen LogP contribution in [0.2, 0.25) is 0 Å². The van der Waals surface area contributed by atoms with Crippen molar-refractivity contribution >= 4 is 23.4 Å². The Morgan fingerprint density at radius 3 is 2.58 bits per heavy atom. The summed E-state index contributed by atoms with van der Waals surface area (Å²) in [5.41, 5.74) is 1.21. The normalized spacial score (nSPS) is 16.1. The van der Waals surface area contributed by atoms with Gasteiger partial charge in [0.1, 0.15) is 5.82 Å². The van der Waals surface area contributed by atoms with Crippen LogP contribution < -0.4 is 5.32 Å². The number of nitrogens with one attached hydrogen (secondary N) is 1. The van der Waals surface area contributed by atoms with E-state index >= 15 is 0 Å². The summed E-state index contributed by atoms with van der Waals surface area (Å²) in [4.78, 5) is 15.7. The molecule has 0 aliphatic carbocycles. The van der Waals surface area contributed by atoms with E-state index in [2.05, 4.69) is 23.3 Å². The number of piperidine rings is 1. The topological polar surface area (TPSA) is 32.3 Å². The molecule has 1 fully saturated rings. The molecule has 0 bridgehead atoms. The van der Waals surface area contributed by atoms with E-state index in [-0.39, 0.29) is 11.7 Å². The molecule has 1 amide bonds. The van der Waals surface area contributed by atoms with Crippen LogP contribution >= 0.6 is 11.8 Å². The fourth-order valence-corrected chi connectivity index (χ4v) is 3.93. The van der Waals surface area contributed by atoms with Gasteiger partial charge in [-0.1, -0.05) is 6.07 Å². The predicted molar refractivity (Wildman–Crippen MR) is 97.2 cm³/mol. The molecule has 1 aliphatic heterocycles. The zero-order chi connectivity index (χ0) is 16.9. The molecule has 1 aliphatic rings. The fraction of sp³-hybridized carbons (Fsp3) is 0.316. The summed E-state index contributed by atoms with van der Waals surface area (Å²) in [7, 11) is 2.16. The number of anilines is 1. The van der Waals surface area contributed by atoms with Crippen molar-refractivity contribution in [2.24, 2.45) is 0 Å². The minimum atomic E-state index is -0.344. The molecule has 0 saturated carbocycles. The first-order chi connectivity index (χ1) is 11.6. The highest BCUT2D eigenvalue weighted by Crippen LogP contribution is 2.31. The second-order valence-corrected chi connectivity index (χ2v) is 7.48. The first-order valence-electron chi connectivity index (χ1n) is 8.12. The van der Waals surface area contributed by atoms with Crippen molar-refractivity contribution in [2.45, 2.75) is 23.0 Å². The summed E-state index contributed by atoms with van der Waals surface area (Å²) in [6, 6.07) is 13.5. The first-order valence-corrected chi connectivity index (χ1v) is 9.00. The van der Waals surface area contributed by atoms with Gasteiger partial charge in [-0.05, 0) is 75.4 Å². The molecule has 2 aromatic rings. The van der Waals surface area contributed by atoms with Crippen molar-refractivity contribution in [3.63, 3.8) is 0 Å². The first kappa shape index (κ1) is 17.0. The average molecular weight is 344 g/mol. The molecule has 24 heavy (non-hydrogen) atoms. The molecule has 1 N–H and O–H groups in total. The number of nitrogens with zero attached hydrogens (tertiary/aromatic N) is 1. The molecule has 3 rings (SSSR count). The molecule has 0 atom stereocenters. The third-order valence-corrected chi connectivity index (χ3v) is 5.50. The van der Waals surface area contributed by atoms with Gasteiger partial charge in [-0.25, -0.2) is 4.39 Å². The lowest BCUT2D eigenvalue weighted by Gasteiger charge is -2.28. The lowest BCUT2D eigenvalue weighted by Crippen LogP contribution is -2.31. The number of rotatable bonds is 4. The van der Waals surface area contributed by atoms with Crippen molar-refractivity contribution in [1.82, 2.24) is 4.90 Å². The van der Waals surface area contributed by atoms with Crippen LogP contribution in [0.3, 0.4) is 0 Å². The summed E-state index contributed by atoms with van der Waals surface area (Å²) < 4.78 is 12.9. The highest BCUT2D eigenvalue weighted by atomic mass is 32.2. The van der Waals surface area contributed by atoms with Crippen molar-refractivity contribution in [1.29, 1.82) is 0 Å². The standard InChI is InChI=1S/C19H21FN2OS/c1-22-11-9-17(10-12-22)24-18-4-2-3-16(13-18)21-19(23)14-5-7-15(20)8-6-14/h2-8,13,17H,9-12H2,1H3,(H,21,23). The van der Waals surface area contributed by atoms with Crippen LogP contribution in [0.25, 0.3) is 0 Å². The molecule has 1 saturated heterocycles. The maximum Gasteiger partial charge on any atom is 0.255 e. The SMILES string of the molecule is CN1CCC(Sc2cccc(NC(=O)c3ccc(F)cc3)c2)CC1. The van der Waals surface area contributed by atoms with E-state index in [1.54, 1.807) is 0 Å². The van der Waals surface area contributed by atoms with Gasteiger partial charge in [0, 0.05) is 21.4 Å². The zero-order valence-electron chi connectivity index (χ0n) is 13.7. The number of amides is 1. The van der Waals surface area contributed by atoms with Gasteiger partial charge >= 0.3 is 0 Å². The van der Waals surface area contributed by atoms with Crippen LogP contribution in [-0.4, -0.2) is 36.2 Å². The summed E-state index contributed by atoms with van der Waals surface area (Å²) in [5, 5.41) is 3.51. The molecule has 126 valence electrons. The molecular weight excluding hydrogens is 323 g/mol. The fourth-order valence-electron chi connectivity index (χ4n) is 2.75. The third-order valence-electron chi connectivity index (χ3n) is 4.17. The van der Waals surface area contributed by atoms with Gasteiger partial charge in [-0.15, -0.1) is 11.8 Å². The number of hydrogen-bond donors (Lipinski definition) is 1. The summed E-state index contributed by atoms with van der Waals surface area (Å²) in [5.74, 6) is -0.570. The van der Waals surface area contributed by atoms with E-state index < -0.39 is 0 Å². The summed E-state index contributed by atoms with van der Waals surface area (Å²) in [6.07, 6.45) is 2.38. The zero-order valence-corrected chi connectivity index (χ0v) is 14.5. The van der Waals surface area contributed by atoms with Gasteiger partial charge in [-0.2, -0.15) is 0 Å². The van der Waals surface area contributed by atoms with Crippen LogP contribution in [0.5, 0.6) is 0 Å². The number of halogens is 1. The van der Waals surface area contributed by atoms with E-state index in [4.69, 9.17) is 0 Å². The third kappa shape index (κ3) is 4.58. The molecular formula is C19H21FN2OS. The van der Waals surface area contributed by atoms with Gasteiger partial charge in [0.05, 0.1) is 0 Å². The lowest BCUT2D eigenvalue weighted by atomic mass is 10.1. The monoisotopic (exact) mass is 344 g/mol. The highest BCUT2D eigenvalue weighted by Gasteiger charge is 2.17. The minimum absolute atomic E-state index is 0.226. The maximum atomic E-state index is 12.9. The molecule has 0 spiro atoms. The molecule has 0 radical (unpaired) electrons. The van der Waals surface area contributed by atoms with E-state index in [0.717, 1.165) is 18.8 Å². The minimum Gasteiger partial charge on any atom is -0.322 e. The quantitative estimate of drug-likeness (QED) is 0.899. The van der Waals surface area contributed by atoms with Gasteiger partial charge in [0.2, 0.25) is 0 Å². The average Bonchev–Trinajstić information content (AvgIpc) is 2.58. The molecule has 5 heteroatoms. The lowest BCUT2D eigenvalue weighted by molar-refractivity contribution is 0.102. The Hall–Kier alpha value is -1.85. The van der Waals surface area contributed by atoms with E-state index in [1.807, 2.05) is 30.0 Å². The molecule has 0 aromatic heterocycles. The number of benzene rings is 2. The van der Waals surface area contributed by atoms with E-state index in [1.165, 1.54) is 42.0 Å². The molecule has 2 aromatic carbocycles. The molecule has 1 heterocycles. The van der Waals surface area contributed by atoms with Gasteiger partial charge < -0.3 is 10.2 Å². The van der Waals surface area contributed by atoms with Crippen LogP contribution in [-0.2, 0) is 0 Å². The van der Waals surface area contributed by atoms with E-state index in [9.17, 15) is 9.18 Å². The molecule has 3 nitrogen and oxygen atoms in total. The van der Waals surface area contributed by atoms with E-state index in [0.29, 0.717) is 10.8 Å². The highest BCUT2D eigenvalue weighted by molar-refractivity contribution is 8.00. The Bertz CT molecular complexity index is 697. The number of thioether (sulfide) groups is 1. The maximum absolute atomic E-state index is 12.9. The van der Waals surface area contributed by atoms with Crippen LogP contribution in [0, 0.1) is 5.82 Å².